The molecular weight excluding hydrogens is 221 g/mol. The Balaban J connectivity index is 1.81. The number of carbonyl (C=O) groups is 1. The third-order valence-electron chi connectivity index (χ3n) is 2.80. The Morgan fingerprint density at radius 3 is 2.41 bits per heavy atom. The summed E-state index contributed by atoms with van der Waals surface area (Å²) in [5, 5.41) is 0. The van der Waals surface area contributed by atoms with Crippen LogP contribution in [0.15, 0.2) is 24.3 Å². The van der Waals surface area contributed by atoms with E-state index in [4.69, 9.17) is 0 Å². The van der Waals surface area contributed by atoms with Crippen molar-refractivity contribution < 1.29 is 9.18 Å². The number of nitrogens with zero attached hydrogens (tertiary/aromatic N) is 1. The second-order valence-corrected chi connectivity index (χ2v) is 4.11. The van der Waals surface area contributed by atoms with Crippen LogP contribution in [0.25, 0.3) is 0 Å². The zero-order valence-corrected chi connectivity index (χ0v) is 9.58. The summed E-state index contributed by atoms with van der Waals surface area (Å²) >= 11 is 0. The summed E-state index contributed by atoms with van der Waals surface area (Å²) in [6.07, 6.45) is 3.31. The molecule has 0 atom stereocenters. The van der Waals surface area contributed by atoms with E-state index in [9.17, 15) is 9.18 Å². The van der Waals surface area contributed by atoms with E-state index in [0.29, 0.717) is 5.69 Å². The van der Waals surface area contributed by atoms with Gasteiger partial charge in [-0.3, -0.25) is 10.9 Å². The lowest BCUT2D eigenvalue weighted by Crippen LogP contribution is -2.44. The highest BCUT2D eigenvalue weighted by molar-refractivity contribution is 5.75. The molecule has 0 aliphatic carbocycles. The molecule has 0 unspecified atom stereocenters. The molecule has 5 heteroatoms. The number of hydrogen-bond donors (Lipinski definition) is 2. The average molecular weight is 237 g/mol. The maximum atomic E-state index is 12.7. The largest absolute Gasteiger partial charge is 0.336 e. The first kappa shape index (κ1) is 11.7. The van der Waals surface area contributed by atoms with Crippen molar-refractivity contribution >= 4 is 11.7 Å². The number of benzene rings is 1. The Hall–Kier alpha value is -1.78. The molecule has 1 aromatic carbocycles. The van der Waals surface area contributed by atoms with Crippen LogP contribution in [0, 0.1) is 5.82 Å². The van der Waals surface area contributed by atoms with Crippen molar-refractivity contribution in [1.82, 2.24) is 10.3 Å². The molecule has 4 nitrogen and oxygen atoms in total. The minimum atomic E-state index is -0.294. The molecule has 1 aromatic rings. The van der Waals surface area contributed by atoms with Crippen LogP contribution in [0.1, 0.15) is 19.3 Å². The highest BCUT2D eigenvalue weighted by Gasteiger charge is 2.15. The van der Waals surface area contributed by atoms with Gasteiger partial charge < -0.3 is 4.90 Å². The SMILES string of the molecule is O=C(NNc1ccc(F)cc1)N1CCCCC1. The van der Waals surface area contributed by atoms with Gasteiger partial charge in [0.05, 0.1) is 5.69 Å². The summed E-state index contributed by atoms with van der Waals surface area (Å²) in [6, 6.07) is 5.71. The number of urea groups is 1. The molecule has 1 aliphatic rings. The summed E-state index contributed by atoms with van der Waals surface area (Å²) in [5.41, 5.74) is 6.03. The second kappa shape index (κ2) is 5.52. The van der Waals surface area contributed by atoms with Gasteiger partial charge in [-0.15, -0.1) is 0 Å². The van der Waals surface area contributed by atoms with Crippen molar-refractivity contribution in [2.75, 3.05) is 18.5 Å². The predicted octanol–water partition coefficient (Wildman–Crippen LogP) is 2.35. The van der Waals surface area contributed by atoms with E-state index < -0.39 is 0 Å². The molecule has 0 saturated carbocycles. The van der Waals surface area contributed by atoms with E-state index in [2.05, 4.69) is 10.9 Å². The predicted molar refractivity (Wildman–Crippen MR) is 64.0 cm³/mol. The number of hydrazine groups is 1. The zero-order valence-electron chi connectivity index (χ0n) is 9.58. The smallest absolute Gasteiger partial charge is 0.323 e. The van der Waals surface area contributed by atoms with Gasteiger partial charge >= 0.3 is 6.03 Å². The summed E-state index contributed by atoms with van der Waals surface area (Å²) in [5.74, 6) is -0.294. The van der Waals surface area contributed by atoms with Crippen molar-refractivity contribution in [3.8, 4) is 0 Å². The topological polar surface area (TPSA) is 44.4 Å². The second-order valence-electron chi connectivity index (χ2n) is 4.11. The maximum Gasteiger partial charge on any atom is 0.336 e. The van der Waals surface area contributed by atoms with Gasteiger partial charge in [0.25, 0.3) is 0 Å². The van der Waals surface area contributed by atoms with Crippen LogP contribution in [0.2, 0.25) is 0 Å². The third-order valence-corrected chi connectivity index (χ3v) is 2.80. The molecule has 17 heavy (non-hydrogen) atoms. The molecule has 1 heterocycles. The van der Waals surface area contributed by atoms with Gasteiger partial charge in [-0.2, -0.15) is 0 Å². The summed E-state index contributed by atoms with van der Waals surface area (Å²) in [6.45, 7) is 1.61. The zero-order chi connectivity index (χ0) is 12.1. The summed E-state index contributed by atoms with van der Waals surface area (Å²) in [4.78, 5) is 13.5. The molecule has 1 fully saturated rings. The van der Waals surface area contributed by atoms with Crippen LogP contribution in [0.5, 0.6) is 0 Å². The van der Waals surface area contributed by atoms with Gasteiger partial charge in [0.1, 0.15) is 5.82 Å². The van der Waals surface area contributed by atoms with Crippen LogP contribution < -0.4 is 10.9 Å². The first-order chi connectivity index (χ1) is 8.25. The van der Waals surface area contributed by atoms with E-state index in [-0.39, 0.29) is 11.8 Å². The highest BCUT2D eigenvalue weighted by atomic mass is 19.1. The van der Waals surface area contributed by atoms with Crippen molar-refractivity contribution in [2.45, 2.75) is 19.3 Å². The molecule has 0 aromatic heterocycles. The number of nitrogens with one attached hydrogen (secondary N) is 2. The standard InChI is InChI=1S/C12H16FN3O/c13-10-4-6-11(7-5-10)14-15-12(17)16-8-2-1-3-9-16/h4-7,14H,1-3,8-9H2,(H,15,17). The lowest BCUT2D eigenvalue weighted by Gasteiger charge is -2.26. The Kier molecular flexibility index (Phi) is 3.80. The number of amides is 2. The van der Waals surface area contributed by atoms with Gasteiger partial charge in [-0.25, -0.2) is 9.18 Å². The van der Waals surface area contributed by atoms with E-state index in [0.717, 1.165) is 25.9 Å². The molecule has 1 saturated heterocycles. The lowest BCUT2D eigenvalue weighted by atomic mass is 10.1. The van der Waals surface area contributed by atoms with E-state index in [1.807, 2.05) is 0 Å². The number of carbonyl (C=O) groups excluding carboxylic acids is 1. The first-order valence-electron chi connectivity index (χ1n) is 5.82. The molecule has 0 radical (unpaired) electrons. The number of hydrogen-bond acceptors (Lipinski definition) is 2. The van der Waals surface area contributed by atoms with Gasteiger partial charge in [-0.1, -0.05) is 0 Å². The van der Waals surface area contributed by atoms with Crippen LogP contribution in [0.3, 0.4) is 0 Å². The van der Waals surface area contributed by atoms with Crippen molar-refractivity contribution in [3.63, 3.8) is 0 Å². The number of anilines is 1. The fourth-order valence-electron chi connectivity index (χ4n) is 1.83. The van der Waals surface area contributed by atoms with E-state index in [1.165, 1.54) is 18.6 Å². The van der Waals surface area contributed by atoms with Crippen LogP contribution in [0.4, 0.5) is 14.9 Å². The molecule has 2 N–H and O–H groups in total. The first-order valence-corrected chi connectivity index (χ1v) is 5.82. The molecule has 0 bridgehead atoms. The van der Waals surface area contributed by atoms with Crippen molar-refractivity contribution in [3.05, 3.63) is 30.1 Å². The van der Waals surface area contributed by atoms with Crippen LogP contribution in [-0.2, 0) is 0 Å². The van der Waals surface area contributed by atoms with Crippen LogP contribution >= 0.6 is 0 Å². The van der Waals surface area contributed by atoms with E-state index >= 15 is 0 Å². The Morgan fingerprint density at radius 1 is 1.12 bits per heavy atom. The van der Waals surface area contributed by atoms with E-state index in [1.54, 1.807) is 17.0 Å². The normalized spacial score (nSPS) is 15.5. The quantitative estimate of drug-likeness (QED) is 0.775. The summed E-state index contributed by atoms with van der Waals surface area (Å²) < 4.78 is 12.7. The Labute approximate surface area is 99.8 Å². The fraction of sp³-hybridized carbons (Fsp3) is 0.417. The number of likely N-dealkylation sites (tertiary alicyclic amines) is 1. The Morgan fingerprint density at radius 2 is 1.76 bits per heavy atom. The third kappa shape index (κ3) is 3.34. The molecule has 1 aliphatic heterocycles. The van der Waals surface area contributed by atoms with Gasteiger partial charge in [-0.05, 0) is 43.5 Å². The maximum absolute atomic E-state index is 12.7. The molecule has 2 amide bonds. The van der Waals surface area contributed by atoms with Gasteiger partial charge in [0, 0.05) is 13.1 Å². The molecule has 0 spiro atoms. The number of halogens is 1. The molecule has 2 rings (SSSR count). The van der Waals surface area contributed by atoms with Crippen molar-refractivity contribution in [1.29, 1.82) is 0 Å². The molecular formula is C12H16FN3O. The minimum Gasteiger partial charge on any atom is -0.323 e. The minimum absolute atomic E-state index is 0.131. The van der Waals surface area contributed by atoms with Crippen molar-refractivity contribution in [2.24, 2.45) is 0 Å². The molecule has 92 valence electrons. The van der Waals surface area contributed by atoms with Gasteiger partial charge in [0.15, 0.2) is 0 Å². The average Bonchev–Trinajstić information content (AvgIpc) is 2.39. The lowest BCUT2D eigenvalue weighted by molar-refractivity contribution is 0.188. The monoisotopic (exact) mass is 237 g/mol. The number of rotatable bonds is 2. The van der Waals surface area contributed by atoms with Crippen LogP contribution in [-0.4, -0.2) is 24.0 Å². The summed E-state index contributed by atoms with van der Waals surface area (Å²) in [7, 11) is 0. The number of piperidine rings is 1. The fourth-order valence-corrected chi connectivity index (χ4v) is 1.83. The Bertz CT molecular complexity index is 374. The van der Waals surface area contributed by atoms with Gasteiger partial charge in [0.2, 0.25) is 0 Å². The highest BCUT2D eigenvalue weighted by Crippen LogP contribution is 2.09.